The molecule has 1 saturated carbocycles. The number of aromatic amines is 1. The average molecular weight is 280 g/mol. The van der Waals surface area contributed by atoms with E-state index in [-0.39, 0.29) is 5.28 Å². The zero-order valence-corrected chi connectivity index (χ0v) is 11.7. The lowest BCUT2D eigenvalue weighted by atomic mass is 9.80. The Kier molecular flexibility index (Phi) is 3.55. The molecular formula is C13H18ClN5. The molecule has 0 saturated heterocycles. The smallest absolute Gasteiger partial charge is 0.226 e. The minimum absolute atomic E-state index is 0.235. The van der Waals surface area contributed by atoms with E-state index in [1.807, 2.05) is 0 Å². The van der Waals surface area contributed by atoms with Gasteiger partial charge in [-0.05, 0) is 29.9 Å². The molecule has 1 aliphatic rings. The molecule has 0 bridgehead atoms. The van der Waals surface area contributed by atoms with E-state index in [4.69, 9.17) is 11.6 Å². The molecule has 2 aromatic heterocycles. The molecule has 0 aliphatic heterocycles. The molecule has 2 N–H and O–H groups in total. The number of halogens is 1. The maximum atomic E-state index is 5.91. The Labute approximate surface area is 117 Å². The predicted octanol–water partition coefficient (Wildman–Crippen LogP) is 3.24. The highest BCUT2D eigenvalue weighted by atomic mass is 35.5. The summed E-state index contributed by atoms with van der Waals surface area (Å²) in [7, 11) is 0. The summed E-state index contributed by atoms with van der Waals surface area (Å²) >= 11 is 5.91. The first-order chi connectivity index (χ1) is 9.24. The number of rotatable bonds is 3. The Hall–Kier alpha value is -1.36. The molecule has 6 heteroatoms. The number of hydrogen-bond acceptors (Lipinski definition) is 4. The van der Waals surface area contributed by atoms with Gasteiger partial charge in [0.1, 0.15) is 5.52 Å². The standard InChI is InChI=1S/C13H18ClN5/c1-8-4-2-3-5-9(8)6-15-11-10-12(17-7-16-10)19-13(14)18-11/h7-9H,2-6H2,1H3,(H2,15,16,17,18,19). The molecule has 2 unspecified atom stereocenters. The zero-order chi connectivity index (χ0) is 13.2. The van der Waals surface area contributed by atoms with E-state index >= 15 is 0 Å². The van der Waals surface area contributed by atoms with Crippen molar-refractivity contribution in [1.82, 2.24) is 19.9 Å². The van der Waals surface area contributed by atoms with E-state index in [0.717, 1.165) is 23.8 Å². The predicted molar refractivity (Wildman–Crippen MR) is 76.3 cm³/mol. The quantitative estimate of drug-likeness (QED) is 0.847. The highest BCUT2D eigenvalue weighted by Crippen LogP contribution is 2.30. The second kappa shape index (κ2) is 5.33. The molecule has 3 rings (SSSR count). The normalized spacial score (nSPS) is 23.7. The molecule has 1 aliphatic carbocycles. The van der Waals surface area contributed by atoms with Crippen molar-refractivity contribution in [3.63, 3.8) is 0 Å². The Morgan fingerprint density at radius 1 is 1.37 bits per heavy atom. The lowest BCUT2D eigenvalue weighted by molar-refractivity contribution is 0.268. The lowest BCUT2D eigenvalue weighted by Gasteiger charge is -2.28. The van der Waals surface area contributed by atoms with Crippen LogP contribution in [0.15, 0.2) is 6.33 Å². The molecule has 2 atom stereocenters. The minimum atomic E-state index is 0.235. The molecule has 102 valence electrons. The van der Waals surface area contributed by atoms with Gasteiger partial charge in [-0.3, -0.25) is 0 Å². The van der Waals surface area contributed by atoms with Gasteiger partial charge in [-0.2, -0.15) is 9.97 Å². The highest BCUT2D eigenvalue weighted by Gasteiger charge is 2.21. The zero-order valence-electron chi connectivity index (χ0n) is 11.0. The first-order valence-electron chi connectivity index (χ1n) is 6.84. The van der Waals surface area contributed by atoms with Crippen molar-refractivity contribution in [3.05, 3.63) is 11.6 Å². The van der Waals surface area contributed by atoms with E-state index in [0.29, 0.717) is 11.6 Å². The van der Waals surface area contributed by atoms with Crippen LogP contribution in [0.4, 0.5) is 5.82 Å². The van der Waals surface area contributed by atoms with Crippen LogP contribution in [0.3, 0.4) is 0 Å². The minimum Gasteiger partial charge on any atom is -0.368 e. The molecule has 0 spiro atoms. The van der Waals surface area contributed by atoms with Crippen LogP contribution in [0.25, 0.3) is 11.2 Å². The van der Waals surface area contributed by atoms with Crippen LogP contribution in [0.1, 0.15) is 32.6 Å². The topological polar surface area (TPSA) is 66.5 Å². The maximum Gasteiger partial charge on any atom is 0.226 e. The number of anilines is 1. The Morgan fingerprint density at radius 3 is 3.05 bits per heavy atom. The molecule has 2 heterocycles. The number of hydrogen-bond donors (Lipinski definition) is 2. The van der Waals surface area contributed by atoms with Gasteiger partial charge in [-0.25, -0.2) is 4.98 Å². The van der Waals surface area contributed by atoms with Crippen LogP contribution in [0.2, 0.25) is 5.28 Å². The molecule has 0 aromatic carbocycles. The van der Waals surface area contributed by atoms with E-state index in [1.165, 1.54) is 25.7 Å². The number of nitrogens with one attached hydrogen (secondary N) is 2. The number of fused-ring (bicyclic) bond motifs is 1. The number of H-pyrrole nitrogens is 1. The first kappa shape index (κ1) is 12.7. The highest BCUT2D eigenvalue weighted by molar-refractivity contribution is 6.28. The van der Waals surface area contributed by atoms with Gasteiger partial charge in [0, 0.05) is 6.54 Å². The molecule has 5 nitrogen and oxygen atoms in total. The van der Waals surface area contributed by atoms with Crippen LogP contribution >= 0.6 is 11.6 Å². The van der Waals surface area contributed by atoms with E-state index in [9.17, 15) is 0 Å². The third kappa shape index (κ3) is 2.66. The van der Waals surface area contributed by atoms with Crippen molar-refractivity contribution in [2.24, 2.45) is 11.8 Å². The Bertz CT molecular complexity index is 567. The van der Waals surface area contributed by atoms with Crippen molar-refractivity contribution >= 4 is 28.6 Å². The maximum absolute atomic E-state index is 5.91. The number of nitrogens with zero attached hydrogens (tertiary/aromatic N) is 3. The molecule has 1 fully saturated rings. The summed E-state index contributed by atoms with van der Waals surface area (Å²) in [6.07, 6.45) is 6.93. The summed E-state index contributed by atoms with van der Waals surface area (Å²) in [4.78, 5) is 15.5. The van der Waals surface area contributed by atoms with E-state index in [1.54, 1.807) is 6.33 Å². The molecule has 19 heavy (non-hydrogen) atoms. The third-order valence-electron chi connectivity index (χ3n) is 4.08. The summed E-state index contributed by atoms with van der Waals surface area (Å²) in [6, 6.07) is 0. The summed E-state index contributed by atoms with van der Waals surface area (Å²) in [6.45, 7) is 3.27. The Balaban J connectivity index is 1.75. The molecule has 0 amide bonds. The summed E-state index contributed by atoms with van der Waals surface area (Å²) < 4.78 is 0. The lowest BCUT2D eigenvalue weighted by Crippen LogP contribution is -2.24. The fourth-order valence-corrected chi connectivity index (χ4v) is 3.02. The SMILES string of the molecule is CC1CCCCC1CNc1nc(Cl)nc2nc[nH]c12. The van der Waals surface area contributed by atoms with Crippen LogP contribution in [-0.2, 0) is 0 Å². The summed E-state index contributed by atoms with van der Waals surface area (Å²) in [5.41, 5.74) is 1.44. The van der Waals surface area contributed by atoms with Crippen LogP contribution in [0.5, 0.6) is 0 Å². The van der Waals surface area contributed by atoms with Gasteiger partial charge < -0.3 is 10.3 Å². The van der Waals surface area contributed by atoms with Gasteiger partial charge in [-0.1, -0.05) is 26.2 Å². The van der Waals surface area contributed by atoms with Crippen LogP contribution < -0.4 is 5.32 Å². The third-order valence-corrected chi connectivity index (χ3v) is 4.25. The van der Waals surface area contributed by atoms with Gasteiger partial charge in [0.2, 0.25) is 5.28 Å². The average Bonchev–Trinajstić information content (AvgIpc) is 2.85. The fraction of sp³-hybridized carbons (Fsp3) is 0.615. The monoisotopic (exact) mass is 279 g/mol. The first-order valence-corrected chi connectivity index (χ1v) is 7.22. The van der Waals surface area contributed by atoms with E-state index in [2.05, 4.69) is 32.2 Å². The second-order valence-electron chi connectivity index (χ2n) is 5.35. The van der Waals surface area contributed by atoms with Crippen LogP contribution in [0, 0.1) is 11.8 Å². The van der Waals surface area contributed by atoms with Gasteiger partial charge >= 0.3 is 0 Å². The van der Waals surface area contributed by atoms with Crippen molar-refractivity contribution in [2.75, 3.05) is 11.9 Å². The molecule has 2 aromatic rings. The number of imidazole rings is 1. The van der Waals surface area contributed by atoms with Gasteiger partial charge in [-0.15, -0.1) is 0 Å². The molecule has 0 radical (unpaired) electrons. The van der Waals surface area contributed by atoms with Gasteiger partial charge in [0.05, 0.1) is 6.33 Å². The van der Waals surface area contributed by atoms with Crippen LogP contribution in [-0.4, -0.2) is 26.5 Å². The molecular weight excluding hydrogens is 262 g/mol. The van der Waals surface area contributed by atoms with Gasteiger partial charge in [0.15, 0.2) is 11.5 Å². The van der Waals surface area contributed by atoms with Crippen molar-refractivity contribution in [3.8, 4) is 0 Å². The van der Waals surface area contributed by atoms with Crippen molar-refractivity contribution < 1.29 is 0 Å². The van der Waals surface area contributed by atoms with E-state index < -0.39 is 0 Å². The summed E-state index contributed by atoms with van der Waals surface area (Å²) in [5.74, 6) is 2.24. The number of aromatic nitrogens is 4. The largest absolute Gasteiger partial charge is 0.368 e. The van der Waals surface area contributed by atoms with Gasteiger partial charge in [0.25, 0.3) is 0 Å². The summed E-state index contributed by atoms with van der Waals surface area (Å²) in [5, 5.41) is 3.64. The van der Waals surface area contributed by atoms with Crippen molar-refractivity contribution in [2.45, 2.75) is 32.6 Å². The van der Waals surface area contributed by atoms with Crippen molar-refractivity contribution in [1.29, 1.82) is 0 Å². The Morgan fingerprint density at radius 2 is 2.21 bits per heavy atom. The fourth-order valence-electron chi connectivity index (χ4n) is 2.86. The second-order valence-corrected chi connectivity index (χ2v) is 5.68.